The molecule has 0 heterocycles. The molecule has 1 rings (SSSR count). The average Bonchev–Trinajstić information content (AvgIpc) is 2.15. The molecular weight excluding hydrogens is 152 g/mol. The third kappa shape index (κ3) is 3.11. The molecule has 72 valence electrons. The topological polar surface area (TPSA) is 29.5 Å². The van der Waals surface area contributed by atoms with E-state index in [4.69, 9.17) is 9.84 Å². The average molecular weight is 172 g/mol. The van der Waals surface area contributed by atoms with E-state index in [1.54, 1.807) is 7.11 Å². The summed E-state index contributed by atoms with van der Waals surface area (Å²) in [5.74, 6) is 0.851. The van der Waals surface area contributed by atoms with Crippen LogP contribution in [0.5, 0.6) is 0 Å². The minimum atomic E-state index is 0.351. The molecule has 0 radical (unpaired) electrons. The van der Waals surface area contributed by atoms with E-state index in [9.17, 15) is 0 Å². The number of rotatable bonds is 4. The molecular formula is C10H20O2. The van der Waals surface area contributed by atoms with Crippen LogP contribution in [0.1, 0.15) is 38.5 Å². The Morgan fingerprint density at radius 1 is 1.25 bits per heavy atom. The maximum Gasteiger partial charge on any atom is 0.0571 e. The minimum absolute atomic E-state index is 0.351. The summed E-state index contributed by atoms with van der Waals surface area (Å²) in [4.78, 5) is 0. The van der Waals surface area contributed by atoms with Crippen molar-refractivity contribution in [2.45, 2.75) is 44.6 Å². The summed E-state index contributed by atoms with van der Waals surface area (Å²) in [5.41, 5.74) is 0. The van der Waals surface area contributed by atoms with E-state index in [0.717, 1.165) is 12.3 Å². The van der Waals surface area contributed by atoms with Crippen LogP contribution in [0.3, 0.4) is 0 Å². The van der Waals surface area contributed by atoms with Gasteiger partial charge in [0.15, 0.2) is 0 Å². The summed E-state index contributed by atoms with van der Waals surface area (Å²) in [6.45, 7) is 0.351. The molecule has 1 aliphatic carbocycles. The molecule has 1 N–H and O–H groups in total. The predicted molar refractivity (Wildman–Crippen MR) is 49.1 cm³/mol. The van der Waals surface area contributed by atoms with Gasteiger partial charge in [-0.2, -0.15) is 0 Å². The fourth-order valence-electron chi connectivity index (χ4n) is 2.04. The van der Waals surface area contributed by atoms with Crippen LogP contribution in [0.15, 0.2) is 0 Å². The molecule has 1 aliphatic rings. The molecule has 1 saturated carbocycles. The van der Waals surface area contributed by atoms with Gasteiger partial charge in [0.05, 0.1) is 6.10 Å². The number of methoxy groups -OCH3 is 1. The minimum Gasteiger partial charge on any atom is -0.396 e. The van der Waals surface area contributed by atoms with Crippen molar-refractivity contribution < 1.29 is 9.84 Å². The fourth-order valence-corrected chi connectivity index (χ4v) is 2.04. The highest BCUT2D eigenvalue weighted by Crippen LogP contribution is 2.28. The first kappa shape index (κ1) is 10.0. The van der Waals surface area contributed by atoms with Crippen molar-refractivity contribution in [2.75, 3.05) is 13.7 Å². The molecule has 2 nitrogen and oxygen atoms in total. The molecule has 0 amide bonds. The largest absolute Gasteiger partial charge is 0.396 e. The predicted octanol–water partition coefficient (Wildman–Crippen LogP) is 1.96. The van der Waals surface area contributed by atoms with E-state index < -0.39 is 0 Å². The molecule has 1 fully saturated rings. The number of aliphatic hydroxyl groups is 1. The van der Waals surface area contributed by atoms with Gasteiger partial charge < -0.3 is 9.84 Å². The van der Waals surface area contributed by atoms with Crippen molar-refractivity contribution >= 4 is 0 Å². The third-order valence-electron chi connectivity index (χ3n) is 2.90. The second-order valence-electron chi connectivity index (χ2n) is 3.74. The summed E-state index contributed by atoms with van der Waals surface area (Å²) in [5, 5.41) is 8.67. The van der Waals surface area contributed by atoms with Crippen LogP contribution in [0, 0.1) is 5.92 Å². The Labute approximate surface area is 74.9 Å². The SMILES string of the molecule is COC1CCC(CCCO)CC1. The summed E-state index contributed by atoms with van der Waals surface area (Å²) in [6, 6.07) is 0. The van der Waals surface area contributed by atoms with Crippen molar-refractivity contribution in [1.29, 1.82) is 0 Å². The molecule has 0 spiro atoms. The number of ether oxygens (including phenoxy) is 1. The van der Waals surface area contributed by atoms with Crippen LogP contribution in [0.2, 0.25) is 0 Å². The van der Waals surface area contributed by atoms with E-state index in [0.29, 0.717) is 12.7 Å². The van der Waals surface area contributed by atoms with Crippen molar-refractivity contribution in [3.8, 4) is 0 Å². The van der Waals surface area contributed by atoms with E-state index in [-0.39, 0.29) is 0 Å². The molecule has 0 aromatic carbocycles. The lowest BCUT2D eigenvalue weighted by atomic mass is 9.84. The van der Waals surface area contributed by atoms with Gasteiger partial charge in [-0.15, -0.1) is 0 Å². The Hall–Kier alpha value is -0.0800. The van der Waals surface area contributed by atoms with E-state index in [1.165, 1.54) is 32.1 Å². The van der Waals surface area contributed by atoms with Gasteiger partial charge in [0.1, 0.15) is 0 Å². The van der Waals surface area contributed by atoms with Gasteiger partial charge in [-0.25, -0.2) is 0 Å². The first-order valence-corrected chi connectivity index (χ1v) is 5.00. The summed E-state index contributed by atoms with van der Waals surface area (Å²) in [7, 11) is 1.80. The highest BCUT2D eigenvalue weighted by molar-refractivity contribution is 4.72. The van der Waals surface area contributed by atoms with Crippen LogP contribution in [-0.4, -0.2) is 24.9 Å². The lowest BCUT2D eigenvalue weighted by Gasteiger charge is -2.27. The van der Waals surface area contributed by atoms with Gasteiger partial charge in [0.2, 0.25) is 0 Å². The van der Waals surface area contributed by atoms with Crippen LogP contribution < -0.4 is 0 Å². The van der Waals surface area contributed by atoms with E-state index >= 15 is 0 Å². The van der Waals surface area contributed by atoms with Crippen LogP contribution in [-0.2, 0) is 4.74 Å². The Kier molecular flexibility index (Phi) is 4.62. The maximum atomic E-state index is 8.67. The smallest absolute Gasteiger partial charge is 0.0571 e. The lowest BCUT2D eigenvalue weighted by molar-refractivity contribution is 0.0545. The molecule has 0 atom stereocenters. The molecule has 2 heteroatoms. The van der Waals surface area contributed by atoms with Crippen molar-refractivity contribution in [2.24, 2.45) is 5.92 Å². The molecule has 0 bridgehead atoms. The number of aliphatic hydroxyl groups excluding tert-OH is 1. The van der Waals surface area contributed by atoms with Crippen molar-refractivity contribution in [3.05, 3.63) is 0 Å². The van der Waals surface area contributed by atoms with E-state index in [1.807, 2.05) is 0 Å². The Morgan fingerprint density at radius 3 is 2.42 bits per heavy atom. The molecule has 0 saturated heterocycles. The van der Waals surface area contributed by atoms with Gasteiger partial charge in [-0.05, 0) is 44.4 Å². The number of hydrogen-bond acceptors (Lipinski definition) is 2. The zero-order valence-corrected chi connectivity index (χ0v) is 7.96. The zero-order valence-electron chi connectivity index (χ0n) is 7.96. The van der Waals surface area contributed by atoms with Crippen molar-refractivity contribution in [1.82, 2.24) is 0 Å². The number of hydrogen-bond donors (Lipinski definition) is 1. The molecule has 12 heavy (non-hydrogen) atoms. The van der Waals surface area contributed by atoms with Crippen LogP contribution >= 0.6 is 0 Å². The molecule has 0 aromatic rings. The lowest BCUT2D eigenvalue weighted by Crippen LogP contribution is -2.20. The maximum absolute atomic E-state index is 8.67. The second-order valence-corrected chi connectivity index (χ2v) is 3.74. The summed E-state index contributed by atoms with van der Waals surface area (Å²) in [6.07, 6.45) is 7.70. The summed E-state index contributed by atoms with van der Waals surface area (Å²) < 4.78 is 5.29. The Morgan fingerprint density at radius 2 is 1.92 bits per heavy atom. The van der Waals surface area contributed by atoms with Gasteiger partial charge in [0.25, 0.3) is 0 Å². The van der Waals surface area contributed by atoms with Gasteiger partial charge >= 0.3 is 0 Å². The van der Waals surface area contributed by atoms with Crippen LogP contribution in [0.4, 0.5) is 0 Å². The summed E-state index contributed by atoms with van der Waals surface area (Å²) >= 11 is 0. The van der Waals surface area contributed by atoms with Crippen LogP contribution in [0.25, 0.3) is 0 Å². The van der Waals surface area contributed by atoms with Crippen molar-refractivity contribution in [3.63, 3.8) is 0 Å². The third-order valence-corrected chi connectivity index (χ3v) is 2.90. The monoisotopic (exact) mass is 172 g/mol. The highest BCUT2D eigenvalue weighted by atomic mass is 16.5. The Balaban J connectivity index is 2.09. The Bertz CT molecular complexity index is 106. The molecule has 0 unspecified atom stereocenters. The normalized spacial score (nSPS) is 30.5. The van der Waals surface area contributed by atoms with Gasteiger partial charge in [-0.3, -0.25) is 0 Å². The molecule has 0 aliphatic heterocycles. The first-order valence-electron chi connectivity index (χ1n) is 5.00. The highest BCUT2D eigenvalue weighted by Gasteiger charge is 2.19. The van der Waals surface area contributed by atoms with Gasteiger partial charge in [0, 0.05) is 13.7 Å². The van der Waals surface area contributed by atoms with E-state index in [2.05, 4.69) is 0 Å². The van der Waals surface area contributed by atoms with Gasteiger partial charge in [-0.1, -0.05) is 0 Å². The fraction of sp³-hybridized carbons (Fsp3) is 1.00. The standard InChI is InChI=1S/C10H20O2/c1-12-10-6-4-9(5-7-10)3-2-8-11/h9-11H,2-8H2,1H3. The second kappa shape index (κ2) is 5.55. The quantitative estimate of drug-likeness (QED) is 0.702. The first-order chi connectivity index (χ1) is 5.86. The molecule has 0 aromatic heterocycles. The zero-order chi connectivity index (χ0) is 8.81.